The van der Waals surface area contributed by atoms with Crippen molar-refractivity contribution >= 4 is 45.2 Å². The summed E-state index contributed by atoms with van der Waals surface area (Å²) < 4.78 is 6.51. The molecule has 1 aromatic heterocycles. The highest BCUT2D eigenvalue weighted by Crippen LogP contribution is 2.24. The van der Waals surface area contributed by atoms with Crippen molar-refractivity contribution < 1.29 is 14.0 Å². The van der Waals surface area contributed by atoms with Crippen LogP contribution >= 0.6 is 27.7 Å². The molecule has 3 aromatic rings. The molecule has 0 spiro atoms. The number of thioether (sulfide) groups is 1. The fourth-order valence-electron chi connectivity index (χ4n) is 2.48. The van der Waals surface area contributed by atoms with Crippen LogP contribution in [0.5, 0.6) is 0 Å². The Hall–Kier alpha value is -2.65. The second-order valence-electron chi connectivity index (χ2n) is 6.00. The second kappa shape index (κ2) is 10.2. The van der Waals surface area contributed by atoms with Crippen molar-refractivity contribution in [2.45, 2.75) is 18.6 Å². The summed E-state index contributed by atoms with van der Waals surface area (Å²) in [6.07, 6.45) is 0.811. The fraction of sp³-hybridized carbons (Fsp3) is 0.200. The van der Waals surface area contributed by atoms with Crippen molar-refractivity contribution in [2.24, 2.45) is 0 Å². The Morgan fingerprint density at radius 2 is 1.83 bits per heavy atom. The average molecular weight is 475 g/mol. The number of anilines is 1. The van der Waals surface area contributed by atoms with Crippen LogP contribution in [-0.4, -0.2) is 34.3 Å². The van der Waals surface area contributed by atoms with Gasteiger partial charge in [0, 0.05) is 15.7 Å². The highest BCUT2D eigenvalue weighted by Gasteiger charge is 2.12. The van der Waals surface area contributed by atoms with Crippen molar-refractivity contribution in [1.82, 2.24) is 15.5 Å². The summed E-state index contributed by atoms with van der Waals surface area (Å²) in [5.74, 6) is -0.118. The first-order chi connectivity index (χ1) is 14.0. The van der Waals surface area contributed by atoms with Crippen LogP contribution in [-0.2, 0) is 16.0 Å². The van der Waals surface area contributed by atoms with Crippen molar-refractivity contribution in [2.75, 3.05) is 17.6 Å². The van der Waals surface area contributed by atoms with Gasteiger partial charge in [0.15, 0.2) is 0 Å². The van der Waals surface area contributed by atoms with Crippen molar-refractivity contribution in [1.29, 1.82) is 0 Å². The van der Waals surface area contributed by atoms with Crippen LogP contribution in [0.25, 0.3) is 11.5 Å². The predicted octanol–water partition coefficient (Wildman–Crippen LogP) is 3.91. The van der Waals surface area contributed by atoms with Crippen LogP contribution in [0.4, 0.5) is 5.69 Å². The van der Waals surface area contributed by atoms with E-state index >= 15 is 0 Å². The number of nitrogens with zero attached hydrogens (tertiary/aromatic N) is 2. The third-order valence-corrected chi connectivity index (χ3v) is 5.29. The lowest BCUT2D eigenvalue weighted by atomic mass is 10.1. The molecular formula is C20H19BrN4O3S. The van der Waals surface area contributed by atoms with Crippen LogP contribution in [0.15, 0.2) is 62.6 Å². The molecule has 2 amide bonds. The maximum absolute atomic E-state index is 12.1. The molecule has 0 saturated heterocycles. The fourth-order valence-corrected chi connectivity index (χ4v) is 3.34. The third-order valence-electron chi connectivity index (χ3n) is 3.94. The summed E-state index contributed by atoms with van der Waals surface area (Å²) in [6, 6.07) is 15.0. The van der Waals surface area contributed by atoms with E-state index in [0.717, 1.165) is 39.5 Å². The molecule has 0 radical (unpaired) electrons. The molecule has 0 aliphatic carbocycles. The second-order valence-corrected chi connectivity index (χ2v) is 7.85. The topological polar surface area (TPSA) is 97.1 Å². The van der Waals surface area contributed by atoms with E-state index in [1.807, 2.05) is 55.5 Å². The Morgan fingerprint density at radius 3 is 2.59 bits per heavy atom. The summed E-state index contributed by atoms with van der Waals surface area (Å²) >= 11 is 4.49. The SMILES string of the molecule is CCc1ccccc1NC(=O)CNC(=O)CSc1nnc(-c2ccc(Br)cc2)o1. The molecule has 0 fully saturated rings. The third kappa shape index (κ3) is 6.16. The molecule has 9 heteroatoms. The van der Waals surface area contributed by atoms with E-state index < -0.39 is 0 Å². The van der Waals surface area contributed by atoms with E-state index in [1.165, 1.54) is 0 Å². The molecule has 0 saturated carbocycles. The lowest BCUT2D eigenvalue weighted by molar-refractivity contribution is -0.122. The molecule has 0 unspecified atom stereocenters. The van der Waals surface area contributed by atoms with E-state index in [1.54, 1.807) is 0 Å². The number of rotatable bonds is 8. The van der Waals surface area contributed by atoms with Crippen LogP contribution in [0.2, 0.25) is 0 Å². The number of halogens is 1. The van der Waals surface area contributed by atoms with Gasteiger partial charge in [0.2, 0.25) is 17.7 Å². The molecule has 150 valence electrons. The molecule has 2 aromatic carbocycles. The molecule has 29 heavy (non-hydrogen) atoms. The van der Waals surface area contributed by atoms with Gasteiger partial charge in [0.25, 0.3) is 5.22 Å². The zero-order valence-electron chi connectivity index (χ0n) is 15.6. The summed E-state index contributed by atoms with van der Waals surface area (Å²) in [7, 11) is 0. The van der Waals surface area contributed by atoms with Crippen LogP contribution < -0.4 is 10.6 Å². The van der Waals surface area contributed by atoms with Crippen molar-refractivity contribution in [3.05, 3.63) is 58.6 Å². The molecule has 0 aliphatic rings. The summed E-state index contributed by atoms with van der Waals surface area (Å²) in [6.45, 7) is 1.91. The molecule has 3 rings (SSSR count). The van der Waals surface area contributed by atoms with E-state index in [2.05, 4.69) is 36.8 Å². The number of hydrogen-bond acceptors (Lipinski definition) is 6. The van der Waals surface area contributed by atoms with Gasteiger partial charge in [-0.3, -0.25) is 9.59 Å². The minimum Gasteiger partial charge on any atom is -0.411 e. The van der Waals surface area contributed by atoms with Gasteiger partial charge in [-0.1, -0.05) is 52.8 Å². The van der Waals surface area contributed by atoms with E-state index in [9.17, 15) is 9.59 Å². The molecule has 1 heterocycles. The van der Waals surface area contributed by atoms with E-state index in [-0.39, 0.29) is 24.1 Å². The smallest absolute Gasteiger partial charge is 0.277 e. The first kappa shape index (κ1) is 21.1. The predicted molar refractivity (Wildman–Crippen MR) is 116 cm³/mol. The molecule has 0 aliphatic heterocycles. The number of hydrogen-bond donors (Lipinski definition) is 2. The van der Waals surface area contributed by atoms with Crippen LogP contribution in [0.1, 0.15) is 12.5 Å². The molecular weight excluding hydrogens is 456 g/mol. The first-order valence-electron chi connectivity index (χ1n) is 8.92. The number of carbonyl (C=O) groups is 2. The van der Waals surface area contributed by atoms with Gasteiger partial charge in [0.05, 0.1) is 12.3 Å². The van der Waals surface area contributed by atoms with Gasteiger partial charge in [-0.25, -0.2) is 0 Å². The number of aromatic nitrogens is 2. The minimum atomic E-state index is -0.294. The largest absolute Gasteiger partial charge is 0.411 e. The Kier molecular flexibility index (Phi) is 7.42. The zero-order valence-corrected chi connectivity index (χ0v) is 18.0. The highest BCUT2D eigenvalue weighted by atomic mass is 79.9. The summed E-state index contributed by atoms with van der Waals surface area (Å²) in [5, 5.41) is 13.6. The summed E-state index contributed by atoms with van der Waals surface area (Å²) in [5.41, 5.74) is 2.59. The highest BCUT2D eigenvalue weighted by molar-refractivity contribution is 9.10. The normalized spacial score (nSPS) is 10.6. The molecule has 0 atom stereocenters. The first-order valence-corrected chi connectivity index (χ1v) is 10.7. The van der Waals surface area contributed by atoms with Gasteiger partial charge in [-0.15, -0.1) is 10.2 Å². The molecule has 7 nitrogen and oxygen atoms in total. The zero-order chi connectivity index (χ0) is 20.6. The maximum Gasteiger partial charge on any atom is 0.277 e. The number of aryl methyl sites for hydroxylation is 1. The van der Waals surface area contributed by atoms with Crippen LogP contribution in [0, 0.1) is 0 Å². The number of carbonyl (C=O) groups excluding carboxylic acids is 2. The van der Waals surface area contributed by atoms with Gasteiger partial charge in [0.1, 0.15) is 0 Å². The average Bonchev–Trinajstić information content (AvgIpc) is 3.21. The Balaban J connectivity index is 1.44. The Morgan fingerprint density at radius 1 is 1.07 bits per heavy atom. The minimum absolute atomic E-state index is 0.0702. The number of benzene rings is 2. The van der Waals surface area contributed by atoms with Crippen LogP contribution in [0.3, 0.4) is 0 Å². The number of amides is 2. The molecule has 2 N–H and O–H groups in total. The standard InChI is InChI=1S/C20H19BrN4O3S/c1-2-13-5-3-4-6-16(13)23-17(26)11-22-18(27)12-29-20-25-24-19(28-20)14-7-9-15(21)10-8-14/h3-10H,2,11-12H2,1H3,(H,22,27)(H,23,26). The van der Waals surface area contributed by atoms with Crippen molar-refractivity contribution in [3.8, 4) is 11.5 Å². The Labute approximate surface area is 180 Å². The van der Waals surface area contributed by atoms with Gasteiger partial charge in [-0.2, -0.15) is 0 Å². The quantitative estimate of drug-likeness (QED) is 0.480. The van der Waals surface area contributed by atoms with E-state index in [4.69, 9.17) is 4.42 Å². The Bertz CT molecular complexity index is 991. The summed E-state index contributed by atoms with van der Waals surface area (Å²) in [4.78, 5) is 24.1. The van der Waals surface area contributed by atoms with Gasteiger partial charge < -0.3 is 15.1 Å². The molecule has 0 bridgehead atoms. The van der Waals surface area contributed by atoms with Crippen molar-refractivity contribution in [3.63, 3.8) is 0 Å². The maximum atomic E-state index is 12.1. The van der Waals surface area contributed by atoms with E-state index in [0.29, 0.717) is 11.1 Å². The monoisotopic (exact) mass is 474 g/mol. The lowest BCUT2D eigenvalue weighted by Gasteiger charge is -2.10. The van der Waals surface area contributed by atoms with Gasteiger partial charge in [-0.05, 0) is 42.3 Å². The van der Waals surface area contributed by atoms with Gasteiger partial charge >= 0.3 is 0 Å². The number of nitrogens with one attached hydrogen (secondary N) is 2. The number of para-hydroxylation sites is 1. The lowest BCUT2D eigenvalue weighted by Crippen LogP contribution is -2.34.